The van der Waals surface area contributed by atoms with Gasteiger partial charge in [-0.05, 0) is 31.0 Å². The molecule has 7 heteroatoms. The van der Waals surface area contributed by atoms with Crippen molar-refractivity contribution in [2.45, 2.75) is 32.5 Å². The van der Waals surface area contributed by atoms with Crippen molar-refractivity contribution in [3.05, 3.63) is 51.2 Å². The number of ether oxygens (including phenoxy) is 1. The highest BCUT2D eigenvalue weighted by molar-refractivity contribution is 6.30. The van der Waals surface area contributed by atoms with Crippen molar-refractivity contribution in [2.75, 3.05) is 11.9 Å². The molecule has 1 aliphatic rings. The van der Waals surface area contributed by atoms with E-state index in [0.29, 0.717) is 18.2 Å². The Hall–Kier alpha value is -2.08. The van der Waals surface area contributed by atoms with Crippen LogP contribution in [0.5, 0.6) is 5.88 Å². The smallest absolute Gasteiger partial charge is 0.352 e. The van der Waals surface area contributed by atoms with Crippen LogP contribution in [0.15, 0.2) is 29.1 Å². The number of benzene rings is 1. The third-order valence-electron chi connectivity index (χ3n) is 4.13. The van der Waals surface area contributed by atoms with Crippen molar-refractivity contribution >= 4 is 17.4 Å². The van der Waals surface area contributed by atoms with Crippen LogP contribution in [0.2, 0.25) is 5.02 Å². The first-order chi connectivity index (χ1) is 11.0. The van der Waals surface area contributed by atoms with Crippen LogP contribution >= 0.6 is 11.6 Å². The van der Waals surface area contributed by atoms with Crippen molar-refractivity contribution in [3.8, 4) is 5.88 Å². The molecular weight excluding hydrogens is 321 g/mol. The Bertz CT molecular complexity index is 793. The first kappa shape index (κ1) is 15.8. The van der Waals surface area contributed by atoms with Crippen LogP contribution in [-0.4, -0.2) is 22.6 Å². The Labute approximate surface area is 138 Å². The maximum Gasteiger partial charge on any atom is 0.352 e. The molecule has 0 bridgehead atoms. The molecule has 1 atom stereocenters. The summed E-state index contributed by atoms with van der Waals surface area (Å²) in [6.45, 7) is 2.87. The number of nitrogens with zero attached hydrogens (tertiary/aromatic N) is 3. The number of hydrogen-bond acceptors (Lipinski definition) is 4. The van der Waals surface area contributed by atoms with Crippen molar-refractivity contribution in [1.82, 2.24) is 9.55 Å². The molecule has 1 aromatic heterocycles. The van der Waals surface area contributed by atoms with E-state index in [0.717, 1.165) is 12.2 Å². The molecule has 3 rings (SSSR count). The maximum atomic E-state index is 13.4. The predicted octanol–water partition coefficient (Wildman–Crippen LogP) is 2.84. The molecule has 0 N–H and O–H groups in total. The second kappa shape index (κ2) is 6.20. The lowest BCUT2D eigenvalue weighted by atomic mass is 10.1. The zero-order valence-corrected chi connectivity index (χ0v) is 13.7. The third kappa shape index (κ3) is 3.17. The summed E-state index contributed by atoms with van der Waals surface area (Å²) in [6, 6.07) is 6.53. The number of anilines is 1. The Morgan fingerprint density at radius 3 is 2.96 bits per heavy atom. The second-order valence-electron chi connectivity index (χ2n) is 5.67. The first-order valence-corrected chi connectivity index (χ1v) is 7.75. The monoisotopic (exact) mass is 337 g/mol. The van der Waals surface area contributed by atoms with Gasteiger partial charge in [0, 0.05) is 25.7 Å². The summed E-state index contributed by atoms with van der Waals surface area (Å²) >= 11 is 5.65. The van der Waals surface area contributed by atoms with Gasteiger partial charge in [-0.2, -0.15) is 4.98 Å². The summed E-state index contributed by atoms with van der Waals surface area (Å²) in [4.78, 5) is 18.1. The molecule has 1 unspecified atom stereocenters. The van der Waals surface area contributed by atoms with Gasteiger partial charge in [-0.15, -0.1) is 0 Å². The average molecular weight is 338 g/mol. The van der Waals surface area contributed by atoms with E-state index >= 15 is 0 Å². The minimum atomic E-state index is -0.500. The molecule has 0 amide bonds. The molecule has 5 nitrogen and oxygen atoms in total. The number of hydrogen-bond donors (Lipinski definition) is 0. The maximum absolute atomic E-state index is 13.4. The summed E-state index contributed by atoms with van der Waals surface area (Å²) in [5.41, 5.74) is 0.284. The molecule has 2 aromatic rings. The molecule has 23 heavy (non-hydrogen) atoms. The normalized spacial score (nSPS) is 17.0. The molecule has 2 heterocycles. The van der Waals surface area contributed by atoms with Gasteiger partial charge in [-0.1, -0.05) is 17.7 Å². The van der Waals surface area contributed by atoms with E-state index < -0.39 is 5.82 Å². The van der Waals surface area contributed by atoms with E-state index in [2.05, 4.69) is 11.9 Å². The zero-order chi connectivity index (χ0) is 16.6. The zero-order valence-electron chi connectivity index (χ0n) is 12.9. The van der Waals surface area contributed by atoms with Crippen LogP contribution in [-0.2, 0) is 13.2 Å². The van der Waals surface area contributed by atoms with E-state index in [1.807, 2.05) is 11.9 Å². The SMILES string of the molecule is CC1CCn2c(cc(OCc3ccc(Cl)c(F)c3)nc2=O)N1C. The topological polar surface area (TPSA) is 47.4 Å². The summed E-state index contributed by atoms with van der Waals surface area (Å²) in [6.07, 6.45) is 0.898. The first-order valence-electron chi connectivity index (χ1n) is 7.37. The number of rotatable bonds is 3. The van der Waals surface area contributed by atoms with Gasteiger partial charge in [0.25, 0.3) is 0 Å². The fourth-order valence-electron chi connectivity index (χ4n) is 2.57. The number of aromatic nitrogens is 2. The number of fused-ring (bicyclic) bond motifs is 1. The Morgan fingerprint density at radius 2 is 2.22 bits per heavy atom. The summed E-state index contributed by atoms with van der Waals surface area (Å²) < 4.78 is 20.6. The Balaban J connectivity index is 1.82. The second-order valence-corrected chi connectivity index (χ2v) is 6.08. The fourth-order valence-corrected chi connectivity index (χ4v) is 2.69. The van der Waals surface area contributed by atoms with Gasteiger partial charge in [0.2, 0.25) is 5.88 Å². The van der Waals surface area contributed by atoms with Gasteiger partial charge in [0.15, 0.2) is 0 Å². The van der Waals surface area contributed by atoms with E-state index in [1.165, 1.54) is 12.1 Å². The van der Waals surface area contributed by atoms with Crippen LogP contribution in [0, 0.1) is 5.82 Å². The molecule has 122 valence electrons. The fraction of sp³-hybridized carbons (Fsp3) is 0.375. The Kier molecular flexibility index (Phi) is 4.26. The van der Waals surface area contributed by atoms with Gasteiger partial charge < -0.3 is 9.64 Å². The number of halogens is 2. The highest BCUT2D eigenvalue weighted by Crippen LogP contribution is 2.24. The van der Waals surface area contributed by atoms with Crippen LogP contribution in [0.4, 0.5) is 10.2 Å². The van der Waals surface area contributed by atoms with Crippen LogP contribution < -0.4 is 15.3 Å². The summed E-state index contributed by atoms with van der Waals surface area (Å²) in [5, 5.41) is 0.0644. The largest absolute Gasteiger partial charge is 0.473 e. The molecule has 0 saturated carbocycles. The molecule has 0 aliphatic carbocycles. The average Bonchev–Trinajstić information content (AvgIpc) is 2.52. The minimum Gasteiger partial charge on any atom is -0.473 e. The van der Waals surface area contributed by atoms with Crippen LogP contribution in [0.3, 0.4) is 0 Å². The lowest BCUT2D eigenvalue weighted by Gasteiger charge is -2.34. The molecule has 1 aromatic carbocycles. The third-order valence-corrected chi connectivity index (χ3v) is 4.44. The van der Waals surface area contributed by atoms with Crippen molar-refractivity contribution in [2.24, 2.45) is 0 Å². The lowest BCUT2D eigenvalue weighted by molar-refractivity contribution is 0.289. The molecule has 0 spiro atoms. The molecular formula is C16H17ClFN3O2. The highest BCUT2D eigenvalue weighted by atomic mass is 35.5. The van der Waals surface area contributed by atoms with Gasteiger partial charge >= 0.3 is 5.69 Å². The van der Waals surface area contributed by atoms with Gasteiger partial charge in [0.05, 0.1) is 5.02 Å². The van der Waals surface area contributed by atoms with Gasteiger partial charge in [-0.3, -0.25) is 4.57 Å². The highest BCUT2D eigenvalue weighted by Gasteiger charge is 2.22. The van der Waals surface area contributed by atoms with Crippen molar-refractivity contribution < 1.29 is 9.13 Å². The standard InChI is InChI=1S/C16H17ClFN3O2/c1-10-5-6-21-15(20(10)2)8-14(19-16(21)22)23-9-11-3-4-12(17)13(18)7-11/h3-4,7-8,10H,5-6,9H2,1-2H3. The van der Waals surface area contributed by atoms with Crippen molar-refractivity contribution in [3.63, 3.8) is 0 Å². The van der Waals surface area contributed by atoms with Crippen LogP contribution in [0.1, 0.15) is 18.9 Å². The molecule has 0 fully saturated rings. The molecule has 0 saturated heterocycles. The van der Waals surface area contributed by atoms with E-state index in [9.17, 15) is 9.18 Å². The summed E-state index contributed by atoms with van der Waals surface area (Å²) in [7, 11) is 1.94. The van der Waals surface area contributed by atoms with E-state index in [1.54, 1.807) is 16.7 Å². The quantitative estimate of drug-likeness (QED) is 0.864. The Morgan fingerprint density at radius 1 is 1.43 bits per heavy atom. The van der Waals surface area contributed by atoms with Crippen molar-refractivity contribution in [1.29, 1.82) is 0 Å². The van der Waals surface area contributed by atoms with E-state index in [4.69, 9.17) is 16.3 Å². The van der Waals surface area contributed by atoms with Crippen LogP contribution in [0.25, 0.3) is 0 Å². The lowest BCUT2D eigenvalue weighted by Crippen LogP contribution is -2.41. The summed E-state index contributed by atoms with van der Waals surface area (Å²) in [5.74, 6) is 0.512. The van der Waals surface area contributed by atoms with E-state index in [-0.39, 0.29) is 23.2 Å². The predicted molar refractivity (Wildman–Crippen MR) is 86.7 cm³/mol. The molecule has 1 aliphatic heterocycles. The minimum absolute atomic E-state index is 0.0644. The molecule has 0 radical (unpaired) electrons. The van der Waals surface area contributed by atoms with Gasteiger partial charge in [0.1, 0.15) is 18.2 Å². The van der Waals surface area contributed by atoms with Gasteiger partial charge in [-0.25, -0.2) is 9.18 Å².